The fourth-order valence-corrected chi connectivity index (χ4v) is 1.91. The molecule has 0 heterocycles. The molecule has 0 fully saturated rings. The van der Waals surface area contributed by atoms with Crippen LogP contribution >= 0.6 is 11.8 Å². The quantitative estimate of drug-likeness (QED) is 0.414. The molecule has 0 rings (SSSR count). The smallest absolute Gasteiger partial charge is 0.133 e. The van der Waals surface area contributed by atoms with E-state index in [0.29, 0.717) is 11.3 Å². The number of nitrogens with zero attached hydrogens (tertiary/aromatic N) is 1. The lowest BCUT2D eigenvalue weighted by atomic mass is 10.1. The molecule has 0 bridgehead atoms. The zero-order valence-electron chi connectivity index (χ0n) is 8.09. The van der Waals surface area contributed by atoms with E-state index in [1.165, 1.54) is 0 Å². The Morgan fingerprint density at radius 2 is 2.15 bits per heavy atom. The second kappa shape index (κ2) is 5.65. The minimum Gasteiger partial charge on any atom is -0.512 e. The van der Waals surface area contributed by atoms with E-state index in [0.717, 1.165) is 18.2 Å². The molecule has 0 saturated heterocycles. The third-order valence-electron chi connectivity index (χ3n) is 1.68. The molecule has 13 heavy (non-hydrogen) atoms. The van der Waals surface area contributed by atoms with Gasteiger partial charge in [-0.1, -0.05) is 6.92 Å². The molecule has 0 aromatic heterocycles. The minimum absolute atomic E-state index is 0.0903. The molecule has 72 valence electrons. The fraction of sp³-hybridized carbons (Fsp3) is 0.556. The normalized spacial score (nSPS) is 14.3. The zero-order valence-corrected chi connectivity index (χ0v) is 8.90. The molecule has 0 aliphatic rings. The van der Waals surface area contributed by atoms with Gasteiger partial charge in [0.15, 0.2) is 0 Å². The summed E-state index contributed by atoms with van der Waals surface area (Å²) in [4.78, 5) is 0. The minimum atomic E-state index is -0.0903. The summed E-state index contributed by atoms with van der Waals surface area (Å²) in [5.41, 5.74) is 0.906. The van der Waals surface area contributed by atoms with Gasteiger partial charge in [-0.25, -0.2) is 0 Å². The molecule has 0 aromatic rings. The average molecular weight is 198 g/mol. The first-order chi connectivity index (χ1) is 6.04. The van der Waals surface area contributed by atoms with Crippen LogP contribution in [0.25, 0.3) is 0 Å². The molecule has 0 spiro atoms. The summed E-state index contributed by atoms with van der Waals surface area (Å²) < 4.78 is 0. The van der Waals surface area contributed by atoms with Crippen LogP contribution in [-0.2, 0) is 0 Å². The number of thiocyanates is 1. The monoisotopic (exact) mass is 198 g/mol. The number of allylic oxidation sites excluding steroid dienone is 1. The summed E-state index contributed by atoms with van der Waals surface area (Å²) in [6, 6.07) is 0. The Bertz CT molecular complexity index is 261. The Kier molecular flexibility index (Phi) is 5.24. The van der Waals surface area contributed by atoms with Crippen molar-refractivity contribution >= 4 is 17.5 Å². The number of nitrogens with one attached hydrogen (secondary N) is 1. The van der Waals surface area contributed by atoms with Crippen molar-refractivity contribution in [2.24, 2.45) is 0 Å². The van der Waals surface area contributed by atoms with Crippen LogP contribution in [0.3, 0.4) is 0 Å². The Morgan fingerprint density at radius 1 is 1.62 bits per heavy atom. The number of aliphatic hydroxyl groups is 1. The van der Waals surface area contributed by atoms with Crippen LogP contribution < -0.4 is 0 Å². The Hall–Kier alpha value is -0.950. The van der Waals surface area contributed by atoms with Gasteiger partial charge in [-0.15, -0.1) is 0 Å². The Morgan fingerprint density at radius 3 is 2.38 bits per heavy atom. The summed E-state index contributed by atoms with van der Waals surface area (Å²) in [6.07, 6.45) is 0.738. The highest BCUT2D eigenvalue weighted by Gasteiger charge is 2.17. The lowest BCUT2D eigenvalue weighted by molar-refractivity contribution is 0.408. The first-order valence-electron chi connectivity index (χ1n) is 4.04. The number of hydrogen-bond acceptors (Lipinski definition) is 4. The standard InChI is InChI=1S/C9H14N2OS/c1-4-8(13-5-10)9(6(2)11)7(3)12/h8,11-12H,4H2,1-3H3/b9-7+,11-6?. The van der Waals surface area contributed by atoms with Crippen molar-refractivity contribution in [1.29, 1.82) is 10.7 Å². The molecule has 4 heteroatoms. The molecule has 1 unspecified atom stereocenters. The van der Waals surface area contributed by atoms with Gasteiger partial charge in [-0.2, -0.15) is 5.26 Å². The molecule has 3 nitrogen and oxygen atoms in total. The summed E-state index contributed by atoms with van der Waals surface area (Å²) in [6.45, 7) is 5.10. The molecule has 2 N–H and O–H groups in total. The predicted molar refractivity (Wildman–Crippen MR) is 56.0 cm³/mol. The number of hydrogen-bond donors (Lipinski definition) is 2. The zero-order chi connectivity index (χ0) is 10.4. The van der Waals surface area contributed by atoms with Gasteiger partial charge in [0.05, 0.1) is 5.76 Å². The van der Waals surface area contributed by atoms with E-state index >= 15 is 0 Å². The third-order valence-corrected chi connectivity index (χ3v) is 2.64. The van der Waals surface area contributed by atoms with E-state index in [1.54, 1.807) is 13.8 Å². The van der Waals surface area contributed by atoms with Gasteiger partial charge in [0, 0.05) is 16.5 Å². The van der Waals surface area contributed by atoms with Crippen LogP contribution in [-0.4, -0.2) is 16.1 Å². The highest BCUT2D eigenvalue weighted by molar-refractivity contribution is 8.04. The van der Waals surface area contributed by atoms with Crippen LogP contribution in [0.5, 0.6) is 0 Å². The molecule has 0 aliphatic heterocycles. The van der Waals surface area contributed by atoms with E-state index in [2.05, 4.69) is 0 Å². The average Bonchev–Trinajstić information content (AvgIpc) is 2.02. The van der Waals surface area contributed by atoms with Crippen molar-refractivity contribution in [2.75, 3.05) is 0 Å². The van der Waals surface area contributed by atoms with E-state index in [1.807, 2.05) is 12.3 Å². The maximum absolute atomic E-state index is 9.33. The molecule has 0 aromatic carbocycles. The summed E-state index contributed by atoms with van der Waals surface area (Å²) in [5, 5.41) is 27.2. The van der Waals surface area contributed by atoms with E-state index in [-0.39, 0.29) is 11.0 Å². The van der Waals surface area contributed by atoms with Crippen molar-refractivity contribution in [3.05, 3.63) is 11.3 Å². The van der Waals surface area contributed by atoms with Gasteiger partial charge in [0.25, 0.3) is 0 Å². The van der Waals surface area contributed by atoms with Gasteiger partial charge < -0.3 is 10.5 Å². The Balaban J connectivity index is 4.84. The van der Waals surface area contributed by atoms with Crippen molar-refractivity contribution in [1.82, 2.24) is 0 Å². The molecule has 0 radical (unpaired) electrons. The summed E-state index contributed by atoms with van der Waals surface area (Å²) >= 11 is 1.09. The van der Waals surface area contributed by atoms with Gasteiger partial charge in [-0.05, 0) is 32.0 Å². The first kappa shape index (κ1) is 12.0. The number of rotatable bonds is 4. The van der Waals surface area contributed by atoms with Crippen LogP contribution in [0, 0.1) is 16.1 Å². The van der Waals surface area contributed by atoms with Crippen LogP contribution in [0.4, 0.5) is 0 Å². The van der Waals surface area contributed by atoms with Gasteiger partial charge >= 0.3 is 0 Å². The number of nitriles is 1. The summed E-state index contributed by atoms with van der Waals surface area (Å²) in [5.74, 6) is 0.141. The number of aliphatic hydroxyl groups excluding tert-OH is 1. The fourth-order valence-electron chi connectivity index (χ4n) is 1.16. The van der Waals surface area contributed by atoms with Crippen LogP contribution in [0.15, 0.2) is 11.3 Å². The topological polar surface area (TPSA) is 67.9 Å². The SMILES string of the molecule is CCC(SC#N)/C(C(C)=N)=C(\C)O. The highest BCUT2D eigenvalue weighted by atomic mass is 32.2. The van der Waals surface area contributed by atoms with Crippen molar-refractivity contribution in [2.45, 2.75) is 32.4 Å². The maximum Gasteiger partial charge on any atom is 0.133 e. The lowest BCUT2D eigenvalue weighted by Gasteiger charge is -2.14. The van der Waals surface area contributed by atoms with Crippen LogP contribution in [0.1, 0.15) is 27.2 Å². The predicted octanol–water partition coefficient (Wildman–Crippen LogP) is 2.85. The van der Waals surface area contributed by atoms with Crippen molar-refractivity contribution in [3.63, 3.8) is 0 Å². The number of thioether (sulfide) groups is 1. The third kappa shape index (κ3) is 3.51. The molecule has 0 aliphatic carbocycles. The highest BCUT2D eigenvalue weighted by Crippen LogP contribution is 2.24. The van der Waals surface area contributed by atoms with Crippen molar-refractivity contribution < 1.29 is 5.11 Å². The maximum atomic E-state index is 9.33. The lowest BCUT2D eigenvalue weighted by Crippen LogP contribution is -2.13. The second-order valence-corrected chi connectivity index (χ2v) is 3.72. The van der Waals surface area contributed by atoms with Gasteiger partial charge in [-0.3, -0.25) is 0 Å². The van der Waals surface area contributed by atoms with Crippen molar-refractivity contribution in [3.8, 4) is 5.40 Å². The van der Waals surface area contributed by atoms with Crippen LogP contribution in [0.2, 0.25) is 0 Å². The summed E-state index contributed by atoms with van der Waals surface area (Å²) in [7, 11) is 0. The molecule has 0 amide bonds. The largest absolute Gasteiger partial charge is 0.512 e. The van der Waals surface area contributed by atoms with E-state index in [4.69, 9.17) is 10.7 Å². The van der Waals surface area contributed by atoms with E-state index in [9.17, 15) is 5.11 Å². The molecular weight excluding hydrogens is 184 g/mol. The first-order valence-corrected chi connectivity index (χ1v) is 4.92. The Labute approximate surface area is 83.0 Å². The van der Waals surface area contributed by atoms with Gasteiger partial charge in [0.2, 0.25) is 0 Å². The van der Waals surface area contributed by atoms with Gasteiger partial charge in [0.1, 0.15) is 5.40 Å². The molecule has 1 atom stereocenters. The molecular formula is C9H14N2OS. The van der Waals surface area contributed by atoms with E-state index < -0.39 is 0 Å². The second-order valence-electron chi connectivity index (χ2n) is 2.73. The molecule has 0 saturated carbocycles.